The molecular formula is C18H18ClNO3S. The molecule has 0 saturated carbocycles. The lowest BCUT2D eigenvalue weighted by Crippen LogP contribution is -2.09. The molecule has 0 fully saturated rings. The van der Waals surface area contributed by atoms with E-state index in [1.165, 1.54) is 24.3 Å². The molecule has 0 aromatic heterocycles. The fourth-order valence-electron chi connectivity index (χ4n) is 2.18. The first-order valence-corrected chi connectivity index (χ1v) is 9.49. The van der Waals surface area contributed by atoms with Crippen LogP contribution in [0.25, 0.3) is 6.08 Å². The monoisotopic (exact) mass is 363 g/mol. The lowest BCUT2D eigenvalue weighted by Gasteiger charge is -2.07. The summed E-state index contributed by atoms with van der Waals surface area (Å²) in [5.74, 6) is -0.387. The average molecular weight is 364 g/mol. The van der Waals surface area contributed by atoms with Gasteiger partial charge in [0.05, 0.1) is 15.6 Å². The molecule has 0 bridgehead atoms. The summed E-state index contributed by atoms with van der Waals surface area (Å²) in [6.07, 6.45) is 4.20. The number of rotatable bonds is 4. The van der Waals surface area contributed by atoms with Gasteiger partial charge in [-0.3, -0.25) is 4.79 Å². The second-order valence-electron chi connectivity index (χ2n) is 5.60. The van der Waals surface area contributed by atoms with Crippen LogP contribution in [0.2, 0.25) is 5.02 Å². The third-order valence-corrected chi connectivity index (χ3v) is 4.90. The van der Waals surface area contributed by atoms with E-state index < -0.39 is 9.84 Å². The van der Waals surface area contributed by atoms with Crippen molar-refractivity contribution >= 4 is 39.1 Å². The molecule has 0 heterocycles. The minimum absolute atomic E-state index is 0.0977. The second-order valence-corrected chi connectivity index (χ2v) is 8.02. The van der Waals surface area contributed by atoms with Crippen molar-refractivity contribution in [2.24, 2.45) is 0 Å². The summed E-state index contributed by atoms with van der Waals surface area (Å²) in [7, 11) is -3.37. The van der Waals surface area contributed by atoms with E-state index in [4.69, 9.17) is 11.6 Å². The standard InChI is InChI=1S/C18H18ClNO3S/c1-12-4-5-14(13(2)10-12)6-9-18(21)20-17-11-15(24(3,22)23)7-8-16(17)19/h4-11H,1-3H3,(H,20,21). The van der Waals surface area contributed by atoms with E-state index in [0.717, 1.165) is 22.9 Å². The fraction of sp³-hybridized carbons (Fsp3) is 0.167. The van der Waals surface area contributed by atoms with Crippen LogP contribution in [0.5, 0.6) is 0 Å². The number of amides is 1. The maximum Gasteiger partial charge on any atom is 0.248 e. The summed E-state index contributed by atoms with van der Waals surface area (Å²) in [6, 6.07) is 10.1. The Morgan fingerprint density at radius 3 is 2.46 bits per heavy atom. The molecule has 1 N–H and O–H groups in total. The number of aryl methyl sites for hydroxylation is 2. The van der Waals surface area contributed by atoms with Gasteiger partial charge >= 0.3 is 0 Å². The third kappa shape index (κ3) is 4.69. The topological polar surface area (TPSA) is 63.2 Å². The molecule has 0 radical (unpaired) electrons. The summed E-state index contributed by atoms with van der Waals surface area (Å²) < 4.78 is 23.2. The SMILES string of the molecule is Cc1ccc(C=CC(=O)Nc2cc(S(C)(=O)=O)ccc2Cl)c(C)c1. The van der Waals surface area contributed by atoms with Gasteiger partial charge in [0.15, 0.2) is 9.84 Å². The molecule has 2 aromatic rings. The Bertz CT molecular complexity index is 918. The summed E-state index contributed by atoms with van der Waals surface area (Å²) in [4.78, 5) is 12.2. The van der Waals surface area contributed by atoms with Crippen LogP contribution in [0.1, 0.15) is 16.7 Å². The molecule has 1 amide bonds. The van der Waals surface area contributed by atoms with Crippen molar-refractivity contribution in [1.82, 2.24) is 0 Å². The quantitative estimate of drug-likeness (QED) is 0.834. The van der Waals surface area contributed by atoms with Crippen LogP contribution < -0.4 is 5.32 Å². The van der Waals surface area contributed by atoms with Crippen LogP contribution >= 0.6 is 11.6 Å². The molecule has 4 nitrogen and oxygen atoms in total. The number of nitrogens with one attached hydrogen (secondary N) is 1. The molecule has 24 heavy (non-hydrogen) atoms. The van der Waals surface area contributed by atoms with Crippen LogP contribution in [0, 0.1) is 13.8 Å². The van der Waals surface area contributed by atoms with E-state index in [-0.39, 0.29) is 21.5 Å². The maximum atomic E-state index is 12.1. The number of hydrogen-bond donors (Lipinski definition) is 1. The number of carbonyl (C=O) groups excluding carboxylic acids is 1. The zero-order valence-corrected chi connectivity index (χ0v) is 15.2. The zero-order chi connectivity index (χ0) is 17.9. The number of sulfone groups is 1. The normalized spacial score (nSPS) is 11.7. The van der Waals surface area contributed by atoms with Gasteiger partial charge in [0.1, 0.15) is 0 Å². The lowest BCUT2D eigenvalue weighted by atomic mass is 10.1. The molecule has 0 aliphatic rings. The fourth-order valence-corrected chi connectivity index (χ4v) is 3.00. The van der Waals surface area contributed by atoms with Gasteiger partial charge in [-0.1, -0.05) is 35.4 Å². The molecule has 0 aliphatic heterocycles. The van der Waals surface area contributed by atoms with E-state index in [1.807, 2.05) is 32.0 Å². The lowest BCUT2D eigenvalue weighted by molar-refractivity contribution is -0.111. The minimum atomic E-state index is -3.37. The molecule has 0 spiro atoms. The van der Waals surface area contributed by atoms with E-state index in [9.17, 15) is 13.2 Å². The highest BCUT2D eigenvalue weighted by Crippen LogP contribution is 2.25. The predicted octanol–water partition coefficient (Wildman–Crippen LogP) is 4.01. The van der Waals surface area contributed by atoms with E-state index in [2.05, 4.69) is 5.32 Å². The average Bonchev–Trinajstić information content (AvgIpc) is 2.47. The van der Waals surface area contributed by atoms with Gasteiger partial charge in [0.2, 0.25) is 5.91 Å². The maximum absolute atomic E-state index is 12.1. The van der Waals surface area contributed by atoms with Crippen LogP contribution in [0.4, 0.5) is 5.69 Å². The van der Waals surface area contributed by atoms with Gasteiger partial charge < -0.3 is 5.32 Å². The minimum Gasteiger partial charge on any atom is -0.321 e. The van der Waals surface area contributed by atoms with Crippen molar-refractivity contribution in [1.29, 1.82) is 0 Å². The number of carbonyl (C=O) groups is 1. The van der Waals surface area contributed by atoms with E-state index in [1.54, 1.807) is 6.08 Å². The summed E-state index contributed by atoms with van der Waals surface area (Å²) in [6.45, 7) is 3.97. The number of halogens is 1. The highest BCUT2D eigenvalue weighted by molar-refractivity contribution is 7.90. The van der Waals surface area contributed by atoms with Gasteiger partial charge in [-0.2, -0.15) is 0 Å². The molecule has 6 heteroatoms. The van der Waals surface area contributed by atoms with Crippen molar-refractivity contribution in [3.8, 4) is 0 Å². The largest absolute Gasteiger partial charge is 0.321 e. The number of anilines is 1. The predicted molar refractivity (Wildman–Crippen MR) is 98.1 cm³/mol. The molecule has 0 atom stereocenters. The van der Waals surface area contributed by atoms with Crippen LogP contribution in [-0.4, -0.2) is 20.6 Å². The van der Waals surface area contributed by atoms with Gasteiger partial charge in [-0.25, -0.2) is 8.42 Å². The Hall–Kier alpha value is -2.11. The molecule has 0 unspecified atom stereocenters. The summed E-state index contributed by atoms with van der Waals surface area (Å²) in [5, 5.41) is 2.88. The summed E-state index contributed by atoms with van der Waals surface area (Å²) in [5.41, 5.74) is 3.41. The Kier molecular flexibility index (Phi) is 5.47. The Morgan fingerprint density at radius 2 is 1.83 bits per heavy atom. The number of hydrogen-bond acceptors (Lipinski definition) is 3. The first kappa shape index (κ1) is 18.2. The highest BCUT2D eigenvalue weighted by Gasteiger charge is 2.11. The van der Waals surface area contributed by atoms with Crippen molar-refractivity contribution < 1.29 is 13.2 Å². The van der Waals surface area contributed by atoms with Crippen LogP contribution in [-0.2, 0) is 14.6 Å². The molecule has 126 valence electrons. The second kappa shape index (κ2) is 7.20. The van der Waals surface area contributed by atoms with Gasteiger partial charge in [-0.05, 0) is 49.2 Å². The Morgan fingerprint density at radius 1 is 1.12 bits per heavy atom. The third-order valence-electron chi connectivity index (χ3n) is 3.46. The van der Waals surface area contributed by atoms with Gasteiger partial charge in [-0.15, -0.1) is 0 Å². The van der Waals surface area contributed by atoms with Crippen LogP contribution in [0.15, 0.2) is 47.4 Å². The van der Waals surface area contributed by atoms with Gasteiger partial charge in [0, 0.05) is 12.3 Å². The van der Waals surface area contributed by atoms with Crippen molar-refractivity contribution in [3.05, 3.63) is 64.2 Å². The summed E-state index contributed by atoms with van der Waals surface area (Å²) >= 11 is 6.02. The van der Waals surface area contributed by atoms with E-state index >= 15 is 0 Å². The first-order valence-electron chi connectivity index (χ1n) is 7.23. The van der Waals surface area contributed by atoms with E-state index in [0.29, 0.717) is 0 Å². The smallest absolute Gasteiger partial charge is 0.248 e. The molecule has 2 rings (SSSR count). The molecule has 2 aromatic carbocycles. The first-order chi connectivity index (χ1) is 11.2. The van der Waals surface area contributed by atoms with Crippen molar-refractivity contribution in [2.45, 2.75) is 18.7 Å². The Balaban J connectivity index is 2.19. The van der Waals surface area contributed by atoms with Crippen molar-refractivity contribution in [2.75, 3.05) is 11.6 Å². The van der Waals surface area contributed by atoms with Gasteiger partial charge in [0.25, 0.3) is 0 Å². The zero-order valence-electron chi connectivity index (χ0n) is 13.6. The molecule has 0 saturated heterocycles. The van der Waals surface area contributed by atoms with Crippen LogP contribution in [0.3, 0.4) is 0 Å². The highest BCUT2D eigenvalue weighted by atomic mass is 35.5. The molecular weight excluding hydrogens is 346 g/mol. The van der Waals surface area contributed by atoms with Crippen molar-refractivity contribution in [3.63, 3.8) is 0 Å². The Labute approximate surface area is 147 Å². The molecule has 0 aliphatic carbocycles. The number of benzene rings is 2.